The van der Waals surface area contributed by atoms with E-state index in [9.17, 15) is 0 Å². The molecule has 0 spiro atoms. The van der Waals surface area contributed by atoms with Crippen molar-refractivity contribution in [3.05, 3.63) is 77.9 Å². The minimum absolute atomic E-state index is 0.0750. The van der Waals surface area contributed by atoms with E-state index in [4.69, 9.17) is 4.98 Å². The molecule has 0 amide bonds. The molecule has 26 heavy (non-hydrogen) atoms. The Morgan fingerprint density at radius 2 is 1.54 bits per heavy atom. The SMILES string of the molecule is CC1(C)c2cc3ccccc3nc2-c2cccc3[se]c4cccc1c4c23. The Hall–Kier alpha value is -2.41. The first-order chi connectivity index (χ1) is 12.6. The van der Waals surface area contributed by atoms with Gasteiger partial charge in [0.15, 0.2) is 0 Å². The number of rotatable bonds is 0. The van der Waals surface area contributed by atoms with Gasteiger partial charge in [-0.3, -0.25) is 0 Å². The van der Waals surface area contributed by atoms with Crippen LogP contribution in [0.1, 0.15) is 25.0 Å². The molecule has 2 heteroatoms. The van der Waals surface area contributed by atoms with Gasteiger partial charge in [-0.2, -0.15) is 0 Å². The molecule has 0 fully saturated rings. The summed E-state index contributed by atoms with van der Waals surface area (Å²) < 4.78 is 3.01. The minimum atomic E-state index is -0.0750. The number of hydrogen-bond donors (Lipinski definition) is 0. The zero-order valence-corrected chi connectivity index (χ0v) is 16.4. The van der Waals surface area contributed by atoms with Gasteiger partial charge in [0.25, 0.3) is 0 Å². The van der Waals surface area contributed by atoms with Gasteiger partial charge < -0.3 is 0 Å². The number of aromatic nitrogens is 1. The first-order valence-electron chi connectivity index (χ1n) is 9.00. The third-order valence-corrected chi connectivity index (χ3v) is 8.20. The van der Waals surface area contributed by atoms with E-state index in [-0.39, 0.29) is 5.41 Å². The Kier molecular flexibility index (Phi) is 2.75. The molecule has 1 aliphatic carbocycles. The summed E-state index contributed by atoms with van der Waals surface area (Å²) in [5.41, 5.74) is 6.24. The second kappa shape index (κ2) is 4.85. The normalized spacial score (nSPS) is 14.8. The first kappa shape index (κ1) is 14.7. The van der Waals surface area contributed by atoms with E-state index in [1.54, 1.807) is 0 Å². The van der Waals surface area contributed by atoms with Crippen LogP contribution in [0.15, 0.2) is 66.7 Å². The topological polar surface area (TPSA) is 12.9 Å². The van der Waals surface area contributed by atoms with Crippen LogP contribution >= 0.6 is 0 Å². The molecule has 6 rings (SSSR count). The molecule has 0 radical (unpaired) electrons. The Bertz CT molecular complexity index is 1360. The molecule has 1 nitrogen and oxygen atoms in total. The second-order valence-corrected chi connectivity index (χ2v) is 9.94. The van der Waals surface area contributed by atoms with E-state index < -0.39 is 0 Å². The number of pyridine rings is 1. The second-order valence-electron chi connectivity index (χ2n) is 7.66. The molecule has 1 aliphatic rings. The third-order valence-electron chi connectivity index (χ3n) is 5.85. The summed E-state index contributed by atoms with van der Waals surface area (Å²) in [6, 6.07) is 24.5. The standard InChI is InChI=1S/C24H17NSe/c1-24(2)16-9-6-12-20-22(16)21-15(8-5-11-19(21)26-20)23-17(24)13-14-7-3-4-10-18(14)25-23/h3-13H,1-2H3. The van der Waals surface area contributed by atoms with Crippen molar-refractivity contribution < 1.29 is 0 Å². The van der Waals surface area contributed by atoms with Crippen molar-refractivity contribution in [2.45, 2.75) is 19.3 Å². The average Bonchev–Trinajstić information content (AvgIpc) is 3.02. The molecular formula is C24H17NSe. The summed E-state index contributed by atoms with van der Waals surface area (Å²) in [5.74, 6) is 0. The van der Waals surface area contributed by atoms with Crippen LogP contribution in [-0.2, 0) is 5.41 Å². The fraction of sp³-hybridized carbons (Fsp3) is 0.125. The van der Waals surface area contributed by atoms with Crippen molar-refractivity contribution in [3.8, 4) is 11.3 Å². The number of nitrogens with zero attached hydrogens (tertiary/aromatic N) is 1. The zero-order chi connectivity index (χ0) is 17.5. The van der Waals surface area contributed by atoms with Crippen LogP contribution in [0.3, 0.4) is 0 Å². The predicted molar refractivity (Wildman–Crippen MR) is 111 cm³/mol. The Balaban J connectivity index is 1.92. The predicted octanol–water partition coefficient (Wildman–Crippen LogP) is 5.90. The van der Waals surface area contributed by atoms with Gasteiger partial charge in [-0.1, -0.05) is 0 Å². The van der Waals surface area contributed by atoms with Gasteiger partial charge in [0, 0.05) is 0 Å². The molecule has 0 unspecified atom stereocenters. The molecule has 2 aromatic heterocycles. The van der Waals surface area contributed by atoms with Crippen LogP contribution in [0.4, 0.5) is 0 Å². The van der Waals surface area contributed by atoms with E-state index in [0.29, 0.717) is 14.5 Å². The van der Waals surface area contributed by atoms with E-state index in [1.165, 1.54) is 41.4 Å². The Morgan fingerprint density at radius 3 is 2.42 bits per heavy atom. The van der Waals surface area contributed by atoms with Crippen molar-refractivity contribution in [1.29, 1.82) is 0 Å². The van der Waals surface area contributed by atoms with Gasteiger partial charge >= 0.3 is 158 Å². The number of fused-ring (bicyclic) bond motifs is 3. The number of para-hydroxylation sites is 1. The average molecular weight is 398 g/mol. The fourth-order valence-electron chi connectivity index (χ4n) is 4.53. The van der Waals surface area contributed by atoms with Crippen molar-refractivity contribution in [2.75, 3.05) is 0 Å². The van der Waals surface area contributed by atoms with E-state index in [0.717, 1.165) is 11.2 Å². The molecule has 3 aromatic carbocycles. The van der Waals surface area contributed by atoms with Gasteiger partial charge in [-0.25, -0.2) is 0 Å². The van der Waals surface area contributed by atoms with E-state index in [2.05, 4.69) is 80.6 Å². The van der Waals surface area contributed by atoms with E-state index >= 15 is 0 Å². The van der Waals surface area contributed by atoms with Crippen molar-refractivity contribution in [3.63, 3.8) is 0 Å². The Morgan fingerprint density at radius 1 is 0.769 bits per heavy atom. The fourth-order valence-corrected chi connectivity index (χ4v) is 6.96. The monoisotopic (exact) mass is 399 g/mol. The molecule has 0 saturated heterocycles. The van der Waals surface area contributed by atoms with Gasteiger partial charge in [-0.05, 0) is 0 Å². The maximum absolute atomic E-state index is 5.17. The van der Waals surface area contributed by atoms with Crippen LogP contribution in [-0.4, -0.2) is 19.5 Å². The first-order valence-corrected chi connectivity index (χ1v) is 10.7. The van der Waals surface area contributed by atoms with Gasteiger partial charge in [-0.15, -0.1) is 0 Å². The maximum atomic E-state index is 5.17. The summed E-state index contributed by atoms with van der Waals surface area (Å²) >= 11 is 0.390. The quantitative estimate of drug-likeness (QED) is 0.296. The van der Waals surface area contributed by atoms with Gasteiger partial charge in [0.2, 0.25) is 0 Å². The van der Waals surface area contributed by atoms with Crippen molar-refractivity contribution in [1.82, 2.24) is 4.98 Å². The van der Waals surface area contributed by atoms with Crippen LogP contribution in [0.2, 0.25) is 0 Å². The molecule has 0 saturated carbocycles. The van der Waals surface area contributed by atoms with Crippen LogP contribution < -0.4 is 0 Å². The van der Waals surface area contributed by atoms with Crippen LogP contribution in [0.25, 0.3) is 41.5 Å². The summed E-state index contributed by atoms with van der Waals surface area (Å²) in [5, 5.41) is 4.13. The van der Waals surface area contributed by atoms with Gasteiger partial charge in [0.05, 0.1) is 0 Å². The van der Waals surface area contributed by atoms with E-state index in [1.807, 2.05) is 0 Å². The molecular weight excluding hydrogens is 381 g/mol. The molecule has 124 valence electrons. The summed E-state index contributed by atoms with van der Waals surface area (Å²) in [4.78, 5) is 5.17. The van der Waals surface area contributed by atoms with Crippen molar-refractivity contribution >= 4 is 44.7 Å². The molecule has 2 heterocycles. The summed E-state index contributed by atoms with van der Waals surface area (Å²) in [6.45, 7) is 4.71. The van der Waals surface area contributed by atoms with Crippen LogP contribution in [0.5, 0.6) is 0 Å². The van der Waals surface area contributed by atoms with Gasteiger partial charge in [0.1, 0.15) is 0 Å². The molecule has 0 atom stereocenters. The molecule has 0 N–H and O–H groups in total. The molecule has 0 aliphatic heterocycles. The zero-order valence-electron chi connectivity index (χ0n) is 14.7. The summed E-state index contributed by atoms with van der Waals surface area (Å²) in [6.07, 6.45) is 0. The molecule has 5 aromatic rings. The Labute approximate surface area is 158 Å². The molecule has 0 bridgehead atoms. The van der Waals surface area contributed by atoms with Crippen LogP contribution in [0, 0.1) is 0 Å². The summed E-state index contributed by atoms with van der Waals surface area (Å²) in [7, 11) is 0. The number of hydrogen-bond acceptors (Lipinski definition) is 1. The number of benzene rings is 3. The van der Waals surface area contributed by atoms with Crippen molar-refractivity contribution in [2.24, 2.45) is 0 Å². The third kappa shape index (κ3) is 1.74.